The van der Waals surface area contributed by atoms with Gasteiger partial charge in [-0.3, -0.25) is 4.90 Å². The molecule has 26 heavy (non-hydrogen) atoms. The average molecular weight is 380 g/mol. The van der Waals surface area contributed by atoms with Crippen LogP contribution in [0.1, 0.15) is 33.6 Å². The molecule has 6 nitrogen and oxygen atoms in total. The maximum absolute atomic E-state index is 12.9. The zero-order valence-electron chi connectivity index (χ0n) is 15.6. The zero-order valence-corrected chi connectivity index (χ0v) is 16.3. The molecule has 0 aromatic heterocycles. The van der Waals surface area contributed by atoms with Crippen molar-refractivity contribution in [3.05, 3.63) is 29.3 Å². The number of nitrogens with zero attached hydrogens (tertiary/aromatic N) is 3. The Morgan fingerprint density at radius 3 is 2.69 bits per heavy atom. The van der Waals surface area contributed by atoms with Crippen LogP contribution in [0.5, 0.6) is 0 Å². The van der Waals surface area contributed by atoms with Crippen LogP contribution in [0.4, 0.5) is 15.3 Å². The van der Waals surface area contributed by atoms with Gasteiger partial charge in [0.25, 0.3) is 0 Å². The summed E-state index contributed by atoms with van der Waals surface area (Å²) in [5, 5.41) is 0.613. The number of halogens is 1. The standard InChI is InChI=1S/C19H26ClN3O3/c1-19(2,3)26-18(25)21-9-5-8-16(13-21)23-11-10-22(17(23)24)15-7-4-6-14(20)12-15/h4,6-7,12,16H,5,8-11,13H2,1-3H3. The van der Waals surface area contributed by atoms with Gasteiger partial charge in [0.2, 0.25) is 0 Å². The van der Waals surface area contributed by atoms with Gasteiger partial charge < -0.3 is 14.5 Å². The van der Waals surface area contributed by atoms with E-state index in [1.807, 2.05) is 37.8 Å². The number of carbonyl (C=O) groups excluding carboxylic acids is 2. The summed E-state index contributed by atoms with van der Waals surface area (Å²) in [4.78, 5) is 30.6. The first kappa shape index (κ1) is 18.8. The van der Waals surface area contributed by atoms with E-state index in [2.05, 4.69) is 0 Å². The van der Waals surface area contributed by atoms with Crippen molar-refractivity contribution in [3.8, 4) is 0 Å². The number of hydrogen-bond donors (Lipinski definition) is 0. The highest BCUT2D eigenvalue weighted by atomic mass is 35.5. The second kappa shape index (κ2) is 7.35. The average Bonchev–Trinajstić information content (AvgIpc) is 2.95. The molecule has 1 unspecified atom stereocenters. The lowest BCUT2D eigenvalue weighted by atomic mass is 10.0. The number of carbonyl (C=O) groups is 2. The Labute approximate surface area is 159 Å². The van der Waals surface area contributed by atoms with E-state index >= 15 is 0 Å². The number of benzene rings is 1. The summed E-state index contributed by atoms with van der Waals surface area (Å²) in [5.74, 6) is 0. The van der Waals surface area contributed by atoms with Crippen molar-refractivity contribution in [2.24, 2.45) is 0 Å². The molecule has 2 aliphatic heterocycles. The lowest BCUT2D eigenvalue weighted by Gasteiger charge is -2.37. The van der Waals surface area contributed by atoms with Gasteiger partial charge in [-0.1, -0.05) is 17.7 Å². The number of ether oxygens (including phenoxy) is 1. The molecule has 0 N–H and O–H groups in total. The highest BCUT2D eigenvalue weighted by molar-refractivity contribution is 6.30. The fourth-order valence-corrected chi connectivity index (χ4v) is 3.66. The number of amides is 3. The minimum atomic E-state index is -0.517. The van der Waals surface area contributed by atoms with Crippen molar-refractivity contribution in [3.63, 3.8) is 0 Å². The molecule has 2 fully saturated rings. The number of piperidine rings is 1. The van der Waals surface area contributed by atoms with Crippen LogP contribution in [0.3, 0.4) is 0 Å². The number of anilines is 1. The minimum absolute atomic E-state index is 0.0213. The Morgan fingerprint density at radius 1 is 1.23 bits per heavy atom. The van der Waals surface area contributed by atoms with Crippen molar-refractivity contribution in [1.29, 1.82) is 0 Å². The van der Waals surface area contributed by atoms with Crippen LogP contribution >= 0.6 is 11.6 Å². The first-order chi connectivity index (χ1) is 12.2. The largest absolute Gasteiger partial charge is 0.444 e. The molecule has 2 aliphatic rings. The van der Waals surface area contributed by atoms with Gasteiger partial charge in [-0.25, -0.2) is 9.59 Å². The second-order valence-corrected chi connectivity index (χ2v) is 8.27. The van der Waals surface area contributed by atoms with E-state index in [0.29, 0.717) is 31.2 Å². The lowest BCUT2D eigenvalue weighted by Crippen LogP contribution is -2.51. The van der Waals surface area contributed by atoms with Gasteiger partial charge in [-0.15, -0.1) is 0 Å². The molecule has 3 rings (SSSR count). The van der Waals surface area contributed by atoms with E-state index in [-0.39, 0.29) is 18.2 Å². The first-order valence-electron chi connectivity index (χ1n) is 9.06. The molecule has 142 valence electrons. The van der Waals surface area contributed by atoms with E-state index in [4.69, 9.17) is 16.3 Å². The topological polar surface area (TPSA) is 53.1 Å². The van der Waals surface area contributed by atoms with Gasteiger partial charge >= 0.3 is 12.1 Å². The maximum atomic E-state index is 12.9. The predicted molar refractivity (Wildman–Crippen MR) is 102 cm³/mol. The number of likely N-dealkylation sites (tertiary alicyclic amines) is 1. The molecule has 7 heteroatoms. The molecule has 1 aromatic carbocycles. The van der Waals surface area contributed by atoms with Crippen LogP contribution in [-0.4, -0.2) is 59.7 Å². The van der Waals surface area contributed by atoms with Gasteiger partial charge in [0, 0.05) is 36.9 Å². The molecule has 0 radical (unpaired) electrons. The van der Waals surface area contributed by atoms with Crippen LogP contribution in [0.15, 0.2) is 24.3 Å². The monoisotopic (exact) mass is 379 g/mol. The highest BCUT2D eigenvalue weighted by Crippen LogP contribution is 2.27. The number of urea groups is 1. The Kier molecular flexibility index (Phi) is 5.32. The molecule has 1 atom stereocenters. The van der Waals surface area contributed by atoms with E-state index < -0.39 is 5.60 Å². The smallest absolute Gasteiger partial charge is 0.410 e. The molecule has 0 aliphatic carbocycles. The Balaban J connectivity index is 1.66. The normalized spacial score (nSPS) is 21.3. The van der Waals surface area contributed by atoms with Crippen molar-refractivity contribution >= 4 is 29.4 Å². The molecular formula is C19H26ClN3O3. The fourth-order valence-electron chi connectivity index (χ4n) is 3.48. The molecule has 1 aromatic rings. The van der Waals surface area contributed by atoms with Gasteiger partial charge in [-0.05, 0) is 51.8 Å². The molecule has 0 saturated carbocycles. The number of hydrogen-bond acceptors (Lipinski definition) is 3. The summed E-state index contributed by atoms with van der Waals surface area (Å²) in [6.07, 6.45) is 1.46. The van der Waals surface area contributed by atoms with Crippen LogP contribution in [0.25, 0.3) is 0 Å². The first-order valence-corrected chi connectivity index (χ1v) is 9.44. The molecule has 3 amide bonds. The minimum Gasteiger partial charge on any atom is -0.444 e. The van der Waals surface area contributed by atoms with Crippen molar-refractivity contribution in [2.75, 3.05) is 31.1 Å². The predicted octanol–water partition coefficient (Wildman–Crippen LogP) is 3.98. The van der Waals surface area contributed by atoms with E-state index in [1.54, 1.807) is 21.9 Å². The highest BCUT2D eigenvalue weighted by Gasteiger charge is 2.38. The van der Waals surface area contributed by atoms with Crippen LogP contribution in [0, 0.1) is 0 Å². The van der Waals surface area contributed by atoms with Crippen LogP contribution in [-0.2, 0) is 4.74 Å². The van der Waals surface area contributed by atoms with Gasteiger partial charge in [0.15, 0.2) is 0 Å². The van der Waals surface area contributed by atoms with E-state index in [0.717, 1.165) is 18.5 Å². The summed E-state index contributed by atoms with van der Waals surface area (Å²) < 4.78 is 5.48. The number of rotatable bonds is 2. The third kappa shape index (κ3) is 4.23. The van der Waals surface area contributed by atoms with Gasteiger partial charge in [0.05, 0.1) is 6.04 Å². The van der Waals surface area contributed by atoms with Gasteiger partial charge in [0.1, 0.15) is 5.60 Å². The van der Waals surface area contributed by atoms with Crippen LogP contribution in [0.2, 0.25) is 5.02 Å². The summed E-state index contributed by atoms with van der Waals surface area (Å²) in [6.45, 7) is 8.05. The van der Waals surface area contributed by atoms with Crippen molar-refractivity contribution in [2.45, 2.75) is 45.3 Å². The molecule has 2 saturated heterocycles. The van der Waals surface area contributed by atoms with Crippen molar-refractivity contribution < 1.29 is 14.3 Å². The molecule has 0 bridgehead atoms. The third-order valence-corrected chi connectivity index (χ3v) is 4.89. The Bertz CT molecular complexity index is 689. The Morgan fingerprint density at radius 2 is 2.00 bits per heavy atom. The van der Waals surface area contributed by atoms with Crippen LogP contribution < -0.4 is 4.90 Å². The van der Waals surface area contributed by atoms with E-state index in [9.17, 15) is 9.59 Å². The summed E-state index contributed by atoms with van der Waals surface area (Å²) >= 11 is 6.05. The molecule has 2 heterocycles. The van der Waals surface area contributed by atoms with Gasteiger partial charge in [-0.2, -0.15) is 0 Å². The maximum Gasteiger partial charge on any atom is 0.410 e. The zero-order chi connectivity index (χ0) is 18.9. The lowest BCUT2D eigenvalue weighted by molar-refractivity contribution is 0.0144. The second-order valence-electron chi connectivity index (χ2n) is 7.83. The third-order valence-electron chi connectivity index (χ3n) is 4.65. The van der Waals surface area contributed by atoms with Crippen molar-refractivity contribution in [1.82, 2.24) is 9.80 Å². The Hall–Kier alpha value is -1.95. The summed E-state index contributed by atoms with van der Waals surface area (Å²) in [6, 6.07) is 7.33. The summed E-state index contributed by atoms with van der Waals surface area (Å²) in [7, 11) is 0. The SMILES string of the molecule is CC(C)(C)OC(=O)N1CCCC(N2CCN(c3cccc(Cl)c3)C2=O)C1. The quantitative estimate of drug-likeness (QED) is 0.780. The van der Waals surface area contributed by atoms with E-state index in [1.165, 1.54) is 0 Å². The fraction of sp³-hybridized carbons (Fsp3) is 0.579. The summed E-state index contributed by atoms with van der Waals surface area (Å²) in [5.41, 5.74) is 0.293. The molecule has 0 spiro atoms. The molecular weight excluding hydrogens is 354 g/mol.